The summed E-state index contributed by atoms with van der Waals surface area (Å²) in [5.41, 5.74) is 0.995. The van der Waals surface area contributed by atoms with Gasteiger partial charge in [0.1, 0.15) is 17.9 Å². The van der Waals surface area contributed by atoms with E-state index < -0.39 is 0 Å². The van der Waals surface area contributed by atoms with Gasteiger partial charge in [0, 0.05) is 64.8 Å². The number of aryl methyl sites for hydroxylation is 2. The molecule has 1 unspecified atom stereocenters. The predicted molar refractivity (Wildman–Crippen MR) is 106 cm³/mol. The van der Waals surface area contributed by atoms with E-state index >= 15 is 0 Å². The Morgan fingerprint density at radius 1 is 1.29 bits per heavy atom. The van der Waals surface area contributed by atoms with E-state index in [0.717, 1.165) is 88.5 Å². The molecule has 152 valence electrons. The molecule has 0 spiro atoms. The lowest BCUT2D eigenvalue weighted by Gasteiger charge is -2.36. The van der Waals surface area contributed by atoms with Crippen molar-refractivity contribution in [1.29, 1.82) is 0 Å². The summed E-state index contributed by atoms with van der Waals surface area (Å²) in [7, 11) is 0. The van der Waals surface area contributed by atoms with Gasteiger partial charge in [-0.05, 0) is 26.2 Å². The van der Waals surface area contributed by atoms with E-state index in [1.54, 1.807) is 6.26 Å². The summed E-state index contributed by atoms with van der Waals surface area (Å²) in [6.45, 7) is 11.7. The average molecular weight is 387 g/mol. The Morgan fingerprint density at radius 2 is 2.14 bits per heavy atom. The smallest absolute Gasteiger partial charge is 0.194 e. The third-order valence-electron chi connectivity index (χ3n) is 5.61. The first-order valence-corrected chi connectivity index (χ1v) is 10.3. The fourth-order valence-corrected chi connectivity index (χ4v) is 3.99. The minimum absolute atomic E-state index is 0.546. The molecule has 0 saturated carbocycles. The Hall–Kier alpha value is -2.42. The van der Waals surface area contributed by atoms with Crippen LogP contribution in [-0.4, -0.2) is 74.9 Å². The van der Waals surface area contributed by atoms with Crippen molar-refractivity contribution in [3.63, 3.8) is 0 Å². The number of guanidine groups is 1. The molecule has 9 nitrogen and oxygen atoms in total. The maximum atomic E-state index is 4.98. The van der Waals surface area contributed by atoms with Crippen LogP contribution in [0.3, 0.4) is 0 Å². The summed E-state index contributed by atoms with van der Waals surface area (Å²) in [6, 6.07) is 1.94. The lowest BCUT2D eigenvalue weighted by atomic mass is 9.99. The molecule has 1 fully saturated rings. The van der Waals surface area contributed by atoms with Gasteiger partial charge in [0.15, 0.2) is 5.96 Å². The molecule has 0 radical (unpaired) electrons. The standard InChI is InChI=1S/C19H30N8O/c1-3-20-19(21-12-16-4-5-18-23-22-15(2)27(18)13-16)26-9-7-25(8-10-26)14-17-6-11-28-24-17/h6,11,16H,3-5,7-10,12-14H2,1-2H3,(H,20,21). The highest BCUT2D eigenvalue weighted by molar-refractivity contribution is 5.80. The number of aliphatic imine (C=N–C) groups is 1. The Labute approximate surface area is 165 Å². The molecule has 0 bridgehead atoms. The van der Waals surface area contributed by atoms with Crippen LogP contribution in [0.5, 0.6) is 0 Å². The van der Waals surface area contributed by atoms with E-state index in [4.69, 9.17) is 9.52 Å². The van der Waals surface area contributed by atoms with Gasteiger partial charge in [-0.15, -0.1) is 10.2 Å². The molecule has 4 rings (SSSR count). The van der Waals surface area contributed by atoms with Crippen LogP contribution in [0.2, 0.25) is 0 Å². The third kappa shape index (κ3) is 4.35. The van der Waals surface area contributed by atoms with E-state index in [9.17, 15) is 0 Å². The van der Waals surface area contributed by atoms with Crippen molar-refractivity contribution in [3.8, 4) is 0 Å². The first kappa shape index (κ1) is 18.9. The maximum absolute atomic E-state index is 4.98. The topological polar surface area (TPSA) is 87.6 Å². The molecule has 1 N–H and O–H groups in total. The molecule has 1 atom stereocenters. The van der Waals surface area contributed by atoms with Gasteiger partial charge >= 0.3 is 0 Å². The number of fused-ring (bicyclic) bond motifs is 1. The zero-order chi connectivity index (χ0) is 19.3. The molecule has 2 aromatic heterocycles. The molecule has 1 saturated heterocycles. The van der Waals surface area contributed by atoms with Crippen LogP contribution in [0, 0.1) is 12.8 Å². The van der Waals surface area contributed by atoms with Crippen LogP contribution in [-0.2, 0) is 19.5 Å². The summed E-state index contributed by atoms with van der Waals surface area (Å²) in [4.78, 5) is 9.77. The van der Waals surface area contributed by atoms with Gasteiger partial charge in [-0.1, -0.05) is 5.16 Å². The van der Waals surface area contributed by atoms with Gasteiger partial charge in [-0.25, -0.2) is 0 Å². The zero-order valence-electron chi connectivity index (χ0n) is 16.8. The van der Waals surface area contributed by atoms with E-state index in [1.807, 2.05) is 13.0 Å². The van der Waals surface area contributed by atoms with Crippen molar-refractivity contribution in [2.75, 3.05) is 39.3 Å². The highest BCUT2D eigenvalue weighted by Crippen LogP contribution is 2.20. The molecule has 9 heteroatoms. The second-order valence-corrected chi connectivity index (χ2v) is 7.63. The summed E-state index contributed by atoms with van der Waals surface area (Å²) in [5, 5.41) is 16.0. The van der Waals surface area contributed by atoms with Crippen LogP contribution in [0.25, 0.3) is 0 Å². The molecule has 0 aliphatic carbocycles. The second kappa shape index (κ2) is 8.72. The lowest BCUT2D eigenvalue weighted by Crippen LogP contribution is -2.52. The van der Waals surface area contributed by atoms with Gasteiger partial charge < -0.3 is 19.3 Å². The van der Waals surface area contributed by atoms with Gasteiger partial charge in [0.2, 0.25) is 0 Å². The molecule has 28 heavy (non-hydrogen) atoms. The van der Waals surface area contributed by atoms with E-state index in [-0.39, 0.29) is 0 Å². The molecule has 2 aliphatic heterocycles. The lowest BCUT2D eigenvalue weighted by molar-refractivity contribution is 0.169. The second-order valence-electron chi connectivity index (χ2n) is 7.63. The van der Waals surface area contributed by atoms with Crippen LogP contribution in [0.1, 0.15) is 30.7 Å². The highest BCUT2D eigenvalue weighted by atomic mass is 16.5. The van der Waals surface area contributed by atoms with E-state index in [1.165, 1.54) is 0 Å². The first-order chi connectivity index (χ1) is 13.7. The molecule has 4 heterocycles. The van der Waals surface area contributed by atoms with Crippen LogP contribution < -0.4 is 5.32 Å². The minimum atomic E-state index is 0.546. The number of rotatable bonds is 5. The van der Waals surface area contributed by atoms with E-state index in [0.29, 0.717) is 5.92 Å². The fourth-order valence-electron chi connectivity index (χ4n) is 3.99. The molecule has 0 amide bonds. The fraction of sp³-hybridized carbons (Fsp3) is 0.684. The Kier molecular flexibility index (Phi) is 5.90. The average Bonchev–Trinajstić information content (AvgIpc) is 3.36. The SMILES string of the molecule is CCNC(=NCC1CCc2nnc(C)n2C1)N1CCN(Cc2ccon2)CC1. The van der Waals surface area contributed by atoms with Crippen molar-refractivity contribution in [2.45, 2.75) is 39.8 Å². The number of nitrogens with zero attached hydrogens (tertiary/aromatic N) is 7. The highest BCUT2D eigenvalue weighted by Gasteiger charge is 2.23. The first-order valence-electron chi connectivity index (χ1n) is 10.3. The van der Waals surface area contributed by atoms with Crippen molar-refractivity contribution in [2.24, 2.45) is 10.9 Å². The normalized spacial score (nSPS) is 21.0. The monoisotopic (exact) mass is 386 g/mol. The van der Waals surface area contributed by atoms with Crippen LogP contribution >= 0.6 is 0 Å². The van der Waals surface area contributed by atoms with Crippen molar-refractivity contribution < 1.29 is 4.52 Å². The summed E-state index contributed by atoms with van der Waals surface area (Å²) >= 11 is 0. The van der Waals surface area contributed by atoms with Crippen molar-refractivity contribution in [1.82, 2.24) is 35.0 Å². The molecular weight excluding hydrogens is 356 g/mol. The van der Waals surface area contributed by atoms with Crippen LogP contribution in [0.4, 0.5) is 0 Å². The molecule has 2 aliphatic rings. The summed E-state index contributed by atoms with van der Waals surface area (Å²) < 4.78 is 7.18. The number of piperazine rings is 1. The molecular formula is C19H30N8O. The predicted octanol–water partition coefficient (Wildman–Crippen LogP) is 0.920. The van der Waals surface area contributed by atoms with Gasteiger partial charge in [0.05, 0.1) is 5.69 Å². The Bertz CT molecular complexity index is 776. The summed E-state index contributed by atoms with van der Waals surface area (Å²) in [5.74, 6) is 3.71. The Balaban J connectivity index is 1.32. The van der Waals surface area contributed by atoms with Gasteiger partial charge in [-0.3, -0.25) is 9.89 Å². The minimum Gasteiger partial charge on any atom is -0.364 e. The van der Waals surface area contributed by atoms with Gasteiger partial charge in [-0.2, -0.15) is 0 Å². The number of hydrogen-bond donors (Lipinski definition) is 1. The third-order valence-corrected chi connectivity index (χ3v) is 5.61. The van der Waals surface area contributed by atoms with Crippen LogP contribution in [0.15, 0.2) is 21.8 Å². The number of hydrogen-bond acceptors (Lipinski definition) is 6. The number of aromatic nitrogens is 4. The van der Waals surface area contributed by atoms with Gasteiger partial charge in [0.25, 0.3) is 0 Å². The maximum Gasteiger partial charge on any atom is 0.194 e. The molecule has 0 aromatic carbocycles. The van der Waals surface area contributed by atoms with Crippen molar-refractivity contribution in [3.05, 3.63) is 29.7 Å². The van der Waals surface area contributed by atoms with Crippen molar-refractivity contribution >= 4 is 5.96 Å². The largest absolute Gasteiger partial charge is 0.364 e. The quantitative estimate of drug-likeness (QED) is 0.604. The van der Waals surface area contributed by atoms with E-state index in [2.05, 4.69) is 42.0 Å². The number of nitrogens with one attached hydrogen (secondary N) is 1. The summed E-state index contributed by atoms with van der Waals surface area (Å²) in [6.07, 6.45) is 3.77. The zero-order valence-corrected chi connectivity index (χ0v) is 16.8. The molecule has 2 aromatic rings. The Morgan fingerprint density at radius 3 is 2.89 bits per heavy atom.